The number of rotatable bonds is 7. The maximum Gasteiger partial charge on any atom is 0.350 e. The van der Waals surface area contributed by atoms with Crippen LogP contribution in [-0.4, -0.2) is 37.1 Å². The molecule has 2 aromatic rings. The molecular weight excluding hydrogens is 499 g/mol. The Morgan fingerprint density at radius 3 is 2.66 bits per heavy atom. The second kappa shape index (κ2) is 12.1. The van der Waals surface area contributed by atoms with Gasteiger partial charge in [0.25, 0.3) is 0 Å². The summed E-state index contributed by atoms with van der Waals surface area (Å²) in [6.07, 6.45) is 0.921. The summed E-state index contributed by atoms with van der Waals surface area (Å²) >= 11 is 1.36. The minimum atomic E-state index is -0.313. The Hall–Kier alpha value is -1.68. The molecule has 1 aromatic heterocycles. The van der Waals surface area contributed by atoms with Crippen molar-refractivity contribution in [2.24, 2.45) is 4.99 Å². The third-order valence-corrected chi connectivity index (χ3v) is 5.73. The Morgan fingerprint density at radius 1 is 1.31 bits per heavy atom. The zero-order chi connectivity index (χ0) is 20.7. The van der Waals surface area contributed by atoms with Gasteiger partial charge in [-0.25, -0.2) is 9.78 Å². The van der Waals surface area contributed by atoms with E-state index < -0.39 is 0 Å². The van der Waals surface area contributed by atoms with Crippen molar-refractivity contribution in [3.8, 4) is 0 Å². The van der Waals surface area contributed by atoms with E-state index in [0.29, 0.717) is 23.1 Å². The molecule has 0 saturated heterocycles. The number of hydrogen-bond acceptors (Lipinski definition) is 5. The van der Waals surface area contributed by atoms with Gasteiger partial charge in [-0.1, -0.05) is 23.8 Å². The molecule has 1 atom stereocenters. The van der Waals surface area contributed by atoms with Gasteiger partial charge in [0.05, 0.1) is 18.3 Å². The molecule has 2 rings (SSSR count). The lowest BCUT2D eigenvalue weighted by Crippen LogP contribution is -2.39. The zero-order valence-corrected chi connectivity index (χ0v) is 21.1. The SMILES string of the molecule is CCOC(=O)c1sc(C(C)NC(=NC)NCCc2ccc(C)cc2C)nc1C.I. The summed E-state index contributed by atoms with van der Waals surface area (Å²) < 4.78 is 5.09. The molecule has 6 nitrogen and oxygen atoms in total. The van der Waals surface area contributed by atoms with Crippen molar-refractivity contribution >= 4 is 47.2 Å². The van der Waals surface area contributed by atoms with Crippen LogP contribution in [0.2, 0.25) is 0 Å². The zero-order valence-electron chi connectivity index (χ0n) is 18.0. The van der Waals surface area contributed by atoms with Crippen LogP contribution in [-0.2, 0) is 11.2 Å². The van der Waals surface area contributed by atoms with E-state index in [2.05, 4.69) is 52.7 Å². The summed E-state index contributed by atoms with van der Waals surface area (Å²) in [5.74, 6) is 0.398. The Bertz CT molecular complexity index is 851. The van der Waals surface area contributed by atoms with Crippen LogP contribution in [0.25, 0.3) is 0 Å². The Balaban J connectivity index is 0.00000420. The van der Waals surface area contributed by atoms with Gasteiger partial charge in [-0.3, -0.25) is 4.99 Å². The molecule has 1 unspecified atom stereocenters. The number of nitrogens with zero attached hydrogens (tertiary/aromatic N) is 2. The van der Waals surface area contributed by atoms with Crippen LogP contribution in [0.4, 0.5) is 0 Å². The fourth-order valence-electron chi connectivity index (χ4n) is 2.89. The van der Waals surface area contributed by atoms with Gasteiger partial charge in [0.2, 0.25) is 0 Å². The van der Waals surface area contributed by atoms with Crippen LogP contribution < -0.4 is 10.6 Å². The van der Waals surface area contributed by atoms with E-state index in [1.807, 2.05) is 13.8 Å². The number of guanidine groups is 1. The van der Waals surface area contributed by atoms with E-state index >= 15 is 0 Å². The molecule has 8 heteroatoms. The summed E-state index contributed by atoms with van der Waals surface area (Å²) in [7, 11) is 1.75. The van der Waals surface area contributed by atoms with Gasteiger partial charge in [0.15, 0.2) is 5.96 Å². The summed E-state index contributed by atoms with van der Waals surface area (Å²) in [6, 6.07) is 6.46. The quantitative estimate of drug-likeness (QED) is 0.241. The number of esters is 1. The first-order chi connectivity index (χ1) is 13.3. The van der Waals surface area contributed by atoms with Crippen molar-refractivity contribution in [2.75, 3.05) is 20.2 Å². The lowest BCUT2D eigenvalue weighted by molar-refractivity contribution is 0.0531. The Kier molecular flexibility index (Phi) is 10.6. The molecule has 0 aliphatic rings. The van der Waals surface area contributed by atoms with Gasteiger partial charge < -0.3 is 15.4 Å². The fourth-order valence-corrected chi connectivity index (χ4v) is 3.85. The average Bonchev–Trinajstić information content (AvgIpc) is 3.04. The predicted molar refractivity (Wildman–Crippen MR) is 131 cm³/mol. The van der Waals surface area contributed by atoms with Crippen molar-refractivity contribution in [3.05, 3.63) is 50.5 Å². The molecule has 0 aliphatic heterocycles. The molecule has 0 amide bonds. The van der Waals surface area contributed by atoms with Crippen molar-refractivity contribution in [3.63, 3.8) is 0 Å². The van der Waals surface area contributed by atoms with E-state index in [1.165, 1.54) is 28.0 Å². The van der Waals surface area contributed by atoms with Crippen molar-refractivity contribution in [1.82, 2.24) is 15.6 Å². The monoisotopic (exact) mass is 530 g/mol. The van der Waals surface area contributed by atoms with Gasteiger partial charge in [0, 0.05) is 13.6 Å². The number of halogens is 1. The first kappa shape index (κ1) is 25.4. The molecule has 0 saturated carbocycles. The number of nitrogens with one attached hydrogen (secondary N) is 2. The lowest BCUT2D eigenvalue weighted by Gasteiger charge is -2.16. The highest BCUT2D eigenvalue weighted by atomic mass is 127. The fraction of sp³-hybridized carbons (Fsp3) is 0.476. The highest BCUT2D eigenvalue weighted by molar-refractivity contribution is 14.0. The van der Waals surface area contributed by atoms with Gasteiger partial charge >= 0.3 is 5.97 Å². The molecule has 0 spiro atoms. The van der Waals surface area contributed by atoms with Crippen molar-refractivity contribution < 1.29 is 9.53 Å². The molecule has 0 bridgehead atoms. The summed E-state index contributed by atoms with van der Waals surface area (Å²) in [4.78, 5) is 21.4. The van der Waals surface area contributed by atoms with Gasteiger partial charge in [-0.15, -0.1) is 35.3 Å². The molecule has 1 aromatic carbocycles. The van der Waals surface area contributed by atoms with E-state index in [1.54, 1.807) is 14.0 Å². The van der Waals surface area contributed by atoms with E-state index in [-0.39, 0.29) is 36.0 Å². The largest absolute Gasteiger partial charge is 0.462 e. The number of hydrogen-bond donors (Lipinski definition) is 2. The maximum atomic E-state index is 12.0. The maximum absolute atomic E-state index is 12.0. The highest BCUT2D eigenvalue weighted by Crippen LogP contribution is 2.24. The minimum Gasteiger partial charge on any atom is -0.462 e. The minimum absolute atomic E-state index is 0. The standard InChI is InChI=1S/C21H30N4O2S.HI/c1-7-27-20(26)18-15(4)24-19(28-18)16(5)25-21(22-6)23-11-10-17-9-8-13(2)12-14(17)3;/h8-9,12,16H,7,10-11H2,1-6H3,(H2,22,23,25);1H. The number of benzene rings is 1. The number of aromatic nitrogens is 1. The summed E-state index contributed by atoms with van der Waals surface area (Å²) in [6.45, 7) is 11.0. The first-order valence-electron chi connectivity index (χ1n) is 9.53. The van der Waals surface area contributed by atoms with Crippen molar-refractivity contribution in [2.45, 2.75) is 47.1 Å². The van der Waals surface area contributed by atoms with Crippen LogP contribution in [0.1, 0.15) is 57.0 Å². The van der Waals surface area contributed by atoms with E-state index in [9.17, 15) is 4.79 Å². The first-order valence-corrected chi connectivity index (χ1v) is 10.3. The average molecular weight is 530 g/mol. The van der Waals surface area contributed by atoms with Gasteiger partial charge in [-0.2, -0.15) is 0 Å². The molecule has 29 heavy (non-hydrogen) atoms. The molecule has 160 valence electrons. The van der Waals surface area contributed by atoms with Gasteiger partial charge in [0.1, 0.15) is 9.88 Å². The number of aryl methyl sites for hydroxylation is 3. The second-order valence-electron chi connectivity index (χ2n) is 6.73. The van der Waals surface area contributed by atoms with E-state index in [0.717, 1.165) is 18.0 Å². The van der Waals surface area contributed by atoms with E-state index in [4.69, 9.17) is 4.74 Å². The topological polar surface area (TPSA) is 75.6 Å². The number of carbonyl (C=O) groups excluding carboxylic acids is 1. The number of carbonyl (C=O) groups is 1. The highest BCUT2D eigenvalue weighted by Gasteiger charge is 2.20. The number of thiazole rings is 1. The molecule has 2 N–H and O–H groups in total. The lowest BCUT2D eigenvalue weighted by atomic mass is 10.0. The summed E-state index contributed by atoms with van der Waals surface area (Å²) in [5, 5.41) is 7.52. The molecule has 0 radical (unpaired) electrons. The Labute approximate surface area is 194 Å². The third kappa shape index (κ3) is 7.26. The number of aliphatic imine (C=N–C) groups is 1. The smallest absolute Gasteiger partial charge is 0.350 e. The van der Waals surface area contributed by atoms with Crippen LogP contribution in [0.5, 0.6) is 0 Å². The van der Waals surface area contributed by atoms with Crippen molar-refractivity contribution in [1.29, 1.82) is 0 Å². The molecule has 0 fully saturated rings. The van der Waals surface area contributed by atoms with Crippen LogP contribution in [0.3, 0.4) is 0 Å². The predicted octanol–water partition coefficient (Wildman–Crippen LogP) is 4.33. The third-order valence-electron chi connectivity index (χ3n) is 4.41. The Morgan fingerprint density at radius 2 is 2.03 bits per heavy atom. The molecule has 0 aliphatic carbocycles. The number of ether oxygens (including phenoxy) is 1. The second-order valence-corrected chi connectivity index (χ2v) is 7.76. The van der Waals surface area contributed by atoms with Crippen LogP contribution in [0, 0.1) is 20.8 Å². The van der Waals surface area contributed by atoms with Crippen LogP contribution in [0.15, 0.2) is 23.2 Å². The molecule has 1 heterocycles. The van der Waals surface area contributed by atoms with Gasteiger partial charge in [-0.05, 0) is 52.2 Å². The van der Waals surface area contributed by atoms with Crippen LogP contribution >= 0.6 is 35.3 Å². The normalized spacial score (nSPS) is 12.1. The summed E-state index contributed by atoms with van der Waals surface area (Å²) in [5.41, 5.74) is 4.62. The molecular formula is C21H31IN4O2S.